The molecular weight excluding hydrogens is 200 g/mol. The summed E-state index contributed by atoms with van der Waals surface area (Å²) in [6, 6.07) is 5.99. The van der Waals surface area contributed by atoms with Gasteiger partial charge in [0.05, 0.1) is 6.20 Å². The Balaban J connectivity index is 2.34. The number of aromatic nitrogens is 4. The molecule has 16 heavy (non-hydrogen) atoms. The fourth-order valence-electron chi connectivity index (χ4n) is 1.85. The van der Waals surface area contributed by atoms with Gasteiger partial charge in [-0.2, -0.15) is 5.10 Å². The maximum absolute atomic E-state index is 4.30. The van der Waals surface area contributed by atoms with Gasteiger partial charge in [0.1, 0.15) is 0 Å². The van der Waals surface area contributed by atoms with Crippen LogP contribution in [-0.4, -0.2) is 20.2 Å². The zero-order valence-electron chi connectivity index (χ0n) is 8.81. The lowest BCUT2D eigenvalue weighted by Gasteiger charge is -2.05. The largest absolute Gasteiger partial charge is 0.261 e. The Hall–Kier alpha value is -2.23. The molecule has 0 saturated carbocycles. The van der Waals surface area contributed by atoms with Crippen LogP contribution in [-0.2, 0) is 0 Å². The molecule has 0 amide bonds. The number of aromatic amines is 1. The molecule has 0 bridgehead atoms. The minimum Gasteiger partial charge on any atom is -0.261 e. The number of aryl methyl sites for hydroxylation is 1. The summed E-state index contributed by atoms with van der Waals surface area (Å²) in [4.78, 5) is 8.51. The molecule has 0 aliphatic carbocycles. The molecule has 0 radical (unpaired) electrons. The Morgan fingerprint density at radius 2 is 2.00 bits per heavy atom. The SMILES string of the molecule is Cc1ncccc1-c1ccnc2[nH]ncc12. The van der Waals surface area contributed by atoms with Crippen molar-refractivity contribution in [3.8, 4) is 11.1 Å². The summed E-state index contributed by atoms with van der Waals surface area (Å²) in [5.74, 6) is 0. The number of H-pyrrole nitrogens is 1. The second-order valence-corrected chi connectivity index (χ2v) is 3.63. The van der Waals surface area contributed by atoms with E-state index in [1.165, 1.54) is 0 Å². The minimum atomic E-state index is 0.806. The molecule has 3 aromatic heterocycles. The monoisotopic (exact) mass is 210 g/mol. The van der Waals surface area contributed by atoms with E-state index in [1.807, 2.05) is 19.1 Å². The first-order valence-electron chi connectivity index (χ1n) is 5.06. The third-order valence-corrected chi connectivity index (χ3v) is 2.65. The molecular formula is C12H10N4. The highest BCUT2D eigenvalue weighted by Gasteiger charge is 2.08. The number of fused-ring (bicyclic) bond motifs is 1. The van der Waals surface area contributed by atoms with Crippen molar-refractivity contribution >= 4 is 11.0 Å². The maximum atomic E-state index is 4.30. The summed E-state index contributed by atoms with van der Waals surface area (Å²) in [5.41, 5.74) is 4.05. The Bertz CT molecular complexity index is 642. The Labute approximate surface area is 92.4 Å². The second kappa shape index (κ2) is 3.41. The van der Waals surface area contributed by atoms with Gasteiger partial charge in [0.15, 0.2) is 5.65 Å². The summed E-state index contributed by atoms with van der Waals surface area (Å²) in [6.07, 6.45) is 5.37. The molecule has 1 N–H and O–H groups in total. The molecule has 3 rings (SSSR count). The predicted molar refractivity (Wildman–Crippen MR) is 61.9 cm³/mol. The van der Waals surface area contributed by atoms with Crippen LogP contribution in [0.4, 0.5) is 0 Å². The second-order valence-electron chi connectivity index (χ2n) is 3.63. The molecule has 4 heteroatoms. The van der Waals surface area contributed by atoms with Crippen LogP contribution in [0.2, 0.25) is 0 Å². The van der Waals surface area contributed by atoms with E-state index < -0.39 is 0 Å². The molecule has 0 spiro atoms. The summed E-state index contributed by atoms with van der Waals surface area (Å²) >= 11 is 0. The topological polar surface area (TPSA) is 54.5 Å². The highest BCUT2D eigenvalue weighted by Crippen LogP contribution is 2.27. The third kappa shape index (κ3) is 1.27. The van der Waals surface area contributed by atoms with Gasteiger partial charge in [0, 0.05) is 29.0 Å². The van der Waals surface area contributed by atoms with E-state index in [4.69, 9.17) is 0 Å². The van der Waals surface area contributed by atoms with Crippen LogP contribution in [0.1, 0.15) is 5.69 Å². The van der Waals surface area contributed by atoms with Gasteiger partial charge in [0.2, 0.25) is 0 Å². The molecule has 0 aromatic carbocycles. The van der Waals surface area contributed by atoms with Crippen molar-refractivity contribution in [1.29, 1.82) is 0 Å². The van der Waals surface area contributed by atoms with Crippen LogP contribution in [0.25, 0.3) is 22.2 Å². The van der Waals surface area contributed by atoms with Crippen LogP contribution in [0.3, 0.4) is 0 Å². The number of hydrogen-bond acceptors (Lipinski definition) is 3. The molecule has 3 heterocycles. The molecule has 0 saturated heterocycles. The number of nitrogens with one attached hydrogen (secondary N) is 1. The smallest absolute Gasteiger partial charge is 0.155 e. The zero-order valence-corrected chi connectivity index (χ0v) is 8.81. The predicted octanol–water partition coefficient (Wildman–Crippen LogP) is 2.33. The van der Waals surface area contributed by atoms with E-state index in [1.54, 1.807) is 18.6 Å². The average Bonchev–Trinajstić information content (AvgIpc) is 2.77. The number of hydrogen-bond donors (Lipinski definition) is 1. The van der Waals surface area contributed by atoms with Crippen LogP contribution in [0, 0.1) is 6.92 Å². The van der Waals surface area contributed by atoms with Crippen molar-refractivity contribution in [2.75, 3.05) is 0 Å². The molecule has 0 fully saturated rings. The third-order valence-electron chi connectivity index (χ3n) is 2.65. The lowest BCUT2D eigenvalue weighted by Crippen LogP contribution is -1.87. The first-order valence-corrected chi connectivity index (χ1v) is 5.06. The quantitative estimate of drug-likeness (QED) is 0.670. The van der Waals surface area contributed by atoms with Gasteiger partial charge in [-0.05, 0) is 24.6 Å². The molecule has 3 aromatic rings. The van der Waals surface area contributed by atoms with E-state index in [0.717, 1.165) is 27.9 Å². The van der Waals surface area contributed by atoms with E-state index in [9.17, 15) is 0 Å². The van der Waals surface area contributed by atoms with E-state index in [-0.39, 0.29) is 0 Å². The number of rotatable bonds is 1. The number of pyridine rings is 2. The average molecular weight is 210 g/mol. The van der Waals surface area contributed by atoms with Crippen molar-refractivity contribution < 1.29 is 0 Å². The van der Waals surface area contributed by atoms with Crippen molar-refractivity contribution in [2.24, 2.45) is 0 Å². The lowest BCUT2D eigenvalue weighted by molar-refractivity contribution is 1.10. The standard InChI is InChI=1S/C12H10N4/c1-8-9(3-2-5-13-8)10-4-6-14-12-11(10)7-15-16-12/h2-7H,1H3,(H,14,15,16). The van der Waals surface area contributed by atoms with Crippen LogP contribution >= 0.6 is 0 Å². The van der Waals surface area contributed by atoms with Crippen LogP contribution in [0.5, 0.6) is 0 Å². The van der Waals surface area contributed by atoms with Crippen molar-refractivity contribution in [3.05, 3.63) is 42.5 Å². The van der Waals surface area contributed by atoms with Gasteiger partial charge in [-0.15, -0.1) is 0 Å². The summed E-state index contributed by atoms with van der Waals surface area (Å²) in [6.45, 7) is 2.00. The Morgan fingerprint density at radius 1 is 1.06 bits per heavy atom. The molecule has 0 atom stereocenters. The first-order chi connectivity index (χ1) is 7.86. The molecule has 78 valence electrons. The fraction of sp³-hybridized carbons (Fsp3) is 0.0833. The summed E-state index contributed by atoms with van der Waals surface area (Å²) in [5, 5.41) is 7.90. The van der Waals surface area contributed by atoms with Crippen LogP contribution in [0.15, 0.2) is 36.8 Å². The van der Waals surface area contributed by atoms with Gasteiger partial charge in [-0.25, -0.2) is 4.98 Å². The van der Waals surface area contributed by atoms with Gasteiger partial charge in [0.25, 0.3) is 0 Å². The first kappa shape index (κ1) is 9.03. The van der Waals surface area contributed by atoms with E-state index >= 15 is 0 Å². The van der Waals surface area contributed by atoms with Gasteiger partial charge < -0.3 is 0 Å². The molecule has 4 nitrogen and oxygen atoms in total. The Morgan fingerprint density at radius 3 is 2.88 bits per heavy atom. The molecule has 0 aliphatic heterocycles. The normalized spacial score (nSPS) is 10.8. The highest BCUT2D eigenvalue weighted by molar-refractivity contribution is 5.92. The van der Waals surface area contributed by atoms with Gasteiger partial charge >= 0.3 is 0 Å². The summed E-state index contributed by atoms with van der Waals surface area (Å²) in [7, 11) is 0. The van der Waals surface area contributed by atoms with Crippen molar-refractivity contribution in [1.82, 2.24) is 20.2 Å². The lowest BCUT2D eigenvalue weighted by atomic mass is 10.0. The van der Waals surface area contributed by atoms with Gasteiger partial charge in [-0.3, -0.25) is 10.1 Å². The number of nitrogens with zero attached hydrogens (tertiary/aromatic N) is 3. The van der Waals surface area contributed by atoms with Gasteiger partial charge in [-0.1, -0.05) is 6.07 Å². The summed E-state index contributed by atoms with van der Waals surface area (Å²) < 4.78 is 0. The maximum Gasteiger partial charge on any atom is 0.155 e. The molecule has 0 aliphatic rings. The Kier molecular flexibility index (Phi) is 1.93. The minimum absolute atomic E-state index is 0.806. The molecule has 0 unspecified atom stereocenters. The fourth-order valence-corrected chi connectivity index (χ4v) is 1.85. The van der Waals surface area contributed by atoms with E-state index in [2.05, 4.69) is 26.2 Å². The van der Waals surface area contributed by atoms with Crippen LogP contribution < -0.4 is 0 Å². The van der Waals surface area contributed by atoms with Crippen molar-refractivity contribution in [3.63, 3.8) is 0 Å². The van der Waals surface area contributed by atoms with E-state index in [0.29, 0.717) is 0 Å². The highest BCUT2D eigenvalue weighted by atomic mass is 15.1. The zero-order chi connectivity index (χ0) is 11.0. The van der Waals surface area contributed by atoms with Crippen molar-refractivity contribution in [2.45, 2.75) is 6.92 Å².